The first-order valence-electron chi connectivity index (χ1n) is 6.06. The van der Waals surface area contributed by atoms with Crippen LogP contribution < -0.4 is 5.73 Å². The van der Waals surface area contributed by atoms with Crippen molar-refractivity contribution in [2.24, 2.45) is 5.73 Å². The summed E-state index contributed by atoms with van der Waals surface area (Å²) in [5, 5.41) is 0. The molecule has 2 N–H and O–H groups in total. The molecule has 102 valence electrons. The van der Waals surface area contributed by atoms with E-state index >= 15 is 0 Å². The summed E-state index contributed by atoms with van der Waals surface area (Å²) in [5.41, 5.74) is 6.33. The van der Waals surface area contributed by atoms with Gasteiger partial charge in [-0.05, 0) is 57.3 Å². The number of likely N-dealkylation sites (tertiary alicyclic amines) is 1. The van der Waals surface area contributed by atoms with E-state index in [0.29, 0.717) is 6.04 Å². The van der Waals surface area contributed by atoms with Crippen molar-refractivity contribution in [3.8, 4) is 0 Å². The molecule has 1 aliphatic heterocycles. The van der Waals surface area contributed by atoms with Crippen LogP contribution in [0.2, 0.25) is 0 Å². The molecule has 2 unspecified atom stereocenters. The van der Waals surface area contributed by atoms with Gasteiger partial charge in [-0.2, -0.15) is 0 Å². The summed E-state index contributed by atoms with van der Waals surface area (Å²) in [6, 6.07) is 2.72. The van der Waals surface area contributed by atoms with Gasteiger partial charge in [-0.3, -0.25) is 4.90 Å². The lowest BCUT2D eigenvalue weighted by atomic mass is 9.96. The van der Waals surface area contributed by atoms with Gasteiger partial charge in [0.05, 0.1) is 16.4 Å². The van der Waals surface area contributed by atoms with Crippen molar-refractivity contribution < 1.29 is 4.74 Å². The lowest BCUT2D eigenvalue weighted by Crippen LogP contribution is -2.46. The van der Waals surface area contributed by atoms with Crippen molar-refractivity contribution >= 4 is 43.2 Å². The second-order valence-corrected chi connectivity index (χ2v) is 7.81. The molecule has 3 nitrogen and oxygen atoms in total. The monoisotopic (exact) mass is 396 g/mol. The number of hydrogen-bond acceptors (Lipinski definition) is 4. The molecule has 1 saturated heterocycles. The van der Waals surface area contributed by atoms with E-state index in [4.69, 9.17) is 10.5 Å². The molecule has 0 bridgehead atoms. The van der Waals surface area contributed by atoms with Crippen LogP contribution in [0.15, 0.2) is 14.3 Å². The van der Waals surface area contributed by atoms with Gasteiger partial charge in [-0.15, -0.1) is 11.3 Å². The first kappa shape index (κ1) is 14.9. The lowest BCUT2D eigenvalue weighted by Gasteiger charge is -2.39. The summed E-state index contributed by atoms with van der Waals surface area (Å²) in [4.78, 5) is 3.78. The lowest BCUT2D eigenvalue weighted by molar-refractivity contribution is 0.0863. The third-order valence-electron chi connectivity index (χ3n) is 3.32. The molecule has 6 heteroatoms. The van der Waals surface area contributed by atoms with E-state index in [-0.39, 0.29) is 6.04 Å². The third kappa shape index (κ3) is 3.35. The van der Waals surface area contributed by atoms with Crippen molar-refractivity contribution in [1.29, 1.82) is 0 Å². The predicted octanol–water partition coefficient (Wildman–Crippen LogP) is 3.38. The van der Waals surface area contributed by atoms with Gasteiger partial charge >= 0.3 is 0 Å². The molecule has 18 heavy (non-hydrogen) atoms. The number of methoxy groups -OCH3 is 1. The van der Waals surface area contributed by atoms with Gasteiger partial charge in [0.15, 0.2) is 0 Å². The third-order valence-corrected chi connectivity index (χ3v) is 6.65. The molecular weight excluding hydrogens is 380 g/mol. The number of thiophene rings is 1. The second-order valence-electron chi connectivity index (χ2n) is 4.55. The van der Waals surface area contributed by atoms with Gasteiger partial charge < -0.3 is 10.5 Å². The zero-order valence-electron chi connectivity index (χ0n) is 10.4. The van der Waals surface area contributed by atoms with E-state index in [0.717, 1.165) is 34.4 Å². The molecule has 0 spiro atoms. The summed E-state index contributed by atoms with van der Waals surface area (Å²) in [7, 11) is 1.75. The van der Waals surface area contributed by atoms with Gasteiger partial charge in [-0.25, -0.2) is 0 Å². The number of ether oxygens (including phenoxy) is 1. The zero-order chi connectivity index (χ0) is 13.1. The molecule has 1 fully saturated rings. The topological polar surface area (TPSA) is 38.5 Å². The molecule has 1 aromatic heterocycles. The van der Waals surface area contributed by atoms with Gasteiger partial charge in [-0.1, -0.05) is 0 Å². The highest BCUT2D eigenvalue weighted by molar-refractivity contribution is 9.13. The largest absolute Gasteiger partial charge is 0.383 e. The average Bonchev–Trinajstić information content (AvgIpc) is 2.66. The zero-order valence-corrected chi connectivity index (χ0v) is 14.4. The Morgan fingerprint density at radius 3 is 2.94 bits per heavy atom. The highest BCUT2D eigenvalue weighted by Gasteiger charge is 2.31. The van der Waals surface area contributed by atoms with Crippen molar-refractivity contribution in [3.63, 3.8) is 0 Å². The van der Waals surface area contributed by atoms with Crippen LogP contribution in [-0.4, -0.2) is 37.7 Å². The van der Waals surface area contributed by atoms with Gasteiger partial charge in [0.25, 0.3) is 0 Å². The molecule has 0 aromatic carbocycles. The van der Waals surface area contributed by atoms with Crippen LogP contribution >= 0.6 is 43.2 Å². The van der Waals surface area contributed by atoms with Crippen LogP contribution in [0, 0.1) is 0 Å². The first-order valence-corrected chi connectivity index (χ1v) is 8.47. The Kier molecular flexibility index (Phi) is 5.65. The van der Waals surface area contributed by atoms with Crippen molar-refractivity contribution in [2.45, 2.75) is 24.9 Å². The van der Waals surface area contributed by atoms with Crippen LogP contribution in [0.1, 0.15) is 23.8 Å². The molecule has 0 amide bonds. The Balaban J connectivity index is 2.18. The van der Waals surface area contributed by atoms with Gasteiger partial charge in [0.1, 0.15) is 0 Å². The number of rotatable bonds is 4. The number of nitrogens with two attached hydrogens (primary N) is 1. The summed E-state index contributed by atoms with van der Waals surface area (Å²) >= 11 is 8.89. The fourth-order valence-electron chi connectivity index (χ4n) is 2.46. The number of halogens is 2. The van der Waals surface area contributed by atoms with Crippen LogP contribution in [-0.2, 0) is 4.74 Å². The summed E-state index contributed by atoms with van der Waals surface area (Å²) < 4.78 is 7.45. The van der Waals surface area contributed by atoms with E-state index in [2.05, 4.69) is 42.8 Å². The van der Waals surface area contributed by atoms with Crippen LogP contribution in [0.3, 0.4) is 0 Å². The maximum absolute atomic E-state index is 6.33. The quantitative estimate of drug-likeness (QED) is 0.846. The number of hydrogen-bond donors (Lipinski definition) is 1. The molecule has 2 heterocycles. The molecule has 1 aromatic rings. The highest BCUT2D eigenvalue weighted by Crippen LogP contribution is 2.40. The highest BCUT2D eigenvalue weighted by atomic mass is 79.9. The van der Waals surface area contributed by atoms with Crippen LogP contribution in [0.4, 0.5) is 0 Å². The van der Waals surface area contributed by atoms with E-state index < -0.39 is 0 Å². The fourth-order valence-corrected chi connectivity index (χ4v) is 4.76. The smallest absolute Gasteiger partial charge is 0.0843 e. The Labute approximate surface area is 129 Å². The Hall–Kier alpha value is 0.540. The number of piperidine rings is 1. The Morgan fingerprint density at radius 2 is 2.33 bits per heavy atom. The van der Waals surface area contributed by atoms with E-state index in [9.17, 15) is 0 Å². The predicted molar refractivity (Wildman–Crippen MR) is 83.1 cm³/mol. The normalized spacial score (nSPS) is 25.6. The van der Waals surface area contributed by atoms with Crippen molar-refractivity contribution in [2.75, 3.05) is 26.8 Å². The van der Waals surface area contributed by atoms with E-state index in [1.807, 2.05) is 0 Å². The first-order chi connectivity index (χ1) is 8.63. The molecule has 2 rings (SSSR count). The van der Waals surface area contributed by atoms with Crippen molar-refractivity contribution in [3.05, 3.63) is 19.2 Å². The SMILES string of the molecule is COCCN1CCCC(N)C1c1cc(Br)c(Br)s1. The van der Waals surface area contributed by atoms with Crippen molar-refractivity contribution in [1.82, 2.24) is 4.90 Å². The van der Waals surface area contributed by atoms with Gasteiger partial charge in [0.2, 0.25) is 0 Å². The summed E-state index contributed by atoms with van der Waals surface area (Å²) in [6.45, 7) is 2.81. The molecule has 0 saturated carbocycles. The second kappa shape index (κ2) is 6.81. The molecule has 2 atom stereocenters. The minimum Gasteiger partial charge on any atom is -0.383 e. The standard InChI is InChI=1S/C12H18Br2N2OS/c1-17-6-5-16-4-2-3-9(15)11(16)10-7-8(13)12(14)18-10/h7,9,11H,2-6,15H2,1H3. The maximum atomic E-state index is 6.33. The fraction of sp³-hybridized carbons (Fsp3) is 0.667. The molecule has 0 radical (unpaired) electrons. The Bertz CT molecular complexity index is 380. The summed E-state index contributed by atoms with van der Waals surface area (Å²) in [6.07, 6.45) is 2.27. The average molecular weight is 398 g/mol. The van der Waals surface area contributed by atoms with Crippen LogP contribution in [0.5, 0.6) is 0 Å². The maximum Gasteiger partial charge on any atom is 0.0843 e. The molecule has 0 aliphatic carbocycles. The van der Waals surface area contributed by atoms with Crippen LogP contribution in [0.25, 0.3) is 0 Å². The van der Waals surface area contributed by atoms with Gasteiger partial charge in [0, 0.05) is 29.0 Å². The molecular formula is C12H18Br2N2OS. The summed E-state index contributed by atoms with van der Waals surface area (Å²) in [5.74, 6) is 0. The minimum atomic E-state index is 0.216. The van der Waals surface area contributed by atoms with E-state index in [1.54, 1.807) is 18.4 Å². The van der Waals surface area contributed by atoms with E-state index in [1.165, 1.54) is 11.3 Å². The Morgan fingerprint density at radius 1 is 1.56 bits per heavy atom. The number of nitrogens with zero attached hydrogens (tertiary/aromatic N) is 1. The minimum absolute atomic E-state index is 0.216. The molecule has 1 aliphatic rings.